The summed E-state index contributed by atoms with van der Waals surface area (Å²) in [4.78, 5) is 0. The van der Waals surface area contributed by atoms with Crippen LogP contribution in [0.5, 0.6) is 11.5 Å². The SMILES string of the molecule is CC(C)Oc1c(F)c(F)c([C@H](N)[C@@H](N)c2c(F)c(F)c(OC(C)C)c(F)c2F)c(F)c1F. The first-order chi connectivity index (χ1) is 14.7. The van der Waals surface area contributed by atoms with Crippen LogP contribution >= 0.6 is 0 Å². The normalized spacial score (nSPS) is 13.6. The first kappa shape index (κ1) is 25.7. The second-order valence-electron chi connectivity index (χ2n) is 7.38. The molecule has 2 aromatic carbocycles. The maximum atomic E-state index is 14.5. The summed E-state index contributed by atoms with van der Waals surface area (Å²) in [6.45, 7) is 5.30. The van der Waals surface area contributed by atoms with Gasteiger partial charge in [0, 0.05) is 11.1 Å². The van der Waals surface area contributed by atoms with E-state index in [1.807, 2.05) is 0 Å². The third-order valence-corrected chi connectivity index (χ3v) is 4.27. The molecule has 4 N–H and O–H groups in total. The number of benzene rings is 2. The molecule has 2 atom stereocenters. The van der Waals surface area contributed by atoms with Crippen molar-refractivity contribution >= 4 is 0 Å². The van der Waals surface area contributed by atoms with Gasteiger partial charge in [-0.1, -0.05) is 0 Å². The minimum atomic E-state index is -2.37. The monoisotopic (exact) mass is 472 g/mol. The van der Waals surface area contributed by atoms with E-state index in [1.54, 1.807) is 0 Å². The Kier molecular flexibility index (Phi) is 7.61. The van der Waals surface area contributed by atoms with E-state index in [0.29, 0.717) is 0 Å². The zero-order valence-electron chi connectivity index (χ0n) is 17.3. The fourth-order valence-corrected chi connectivity index (χ4v) is 2.88. The minimum Gasteiger partial charge on any atom is -0.485 e. The molecule has 0 aliphatic heterocycles. The van der Waals surface area contributed by atoms with Crippen LogP contribution < -0.4 is 20.9 Å². The van der Waals surface area contributed by atoms with Crippen LogP contribution in [0.1, 0.15) is 50.9 Å². The summed E-state index contributed by atoms with van der Waals surface area (Å²) in [7, 11) is 0. The molecule has 0 unspecified atom stereocenters. The summed E-state index contributed by atoms with van der Waals surface area (Å²) < 4.78 is 124. The first-order valence-electron chi connectivity index (χ1n) is 9.28. The molecule has 2 aromatic rings. The van der Waals surface area contributed by atoms with Gasteiger partial charge < -0.3 is 20.9 Å². The highest BCUT2D eigenvalue weighted by molar-refractivity contribution is 5.40. The molecule has 32 heavy (non-hydrogen) atoms. The second-order valence-corrected chi connectivity index (χ2v) is 7.38. The van der Waals surface area contributed by atoms with Gasteiger partial charge in [0.2, 0.25) is 23.3 Å². The molecule has 0 aliphatic carbocycles. The molecular formula is C20H20F8N2O2. The zero-order chi connectivity index (χ0) is 24.7. The summed E-state index contributed by atoms with van der Waals surface area (Å²) in [5, 5.41) is 0. The van der Waals surface area contributed by atoms with Crippen LogP contribution in [0.15, 0.2) is 0 Å². The van der Waals surface area contributed by atoms with E-state index in [2.05, 4.69) is 0 Å². The third-order valence-electron chi connectivity index (χ3n) is 4.27. The number of hydrogen-bond donors (Lipinski definition) is 2. The number of halogens is 8. The summed E-state index contributed by atoms with van der Waals surface area (Å²) >= 11 is 0. The van der Waals surface area contributed by atoms with Gasteiger partial charge in [-0.15, -0.1) is 0 Å². The van der Waals surface area contributed by atoms with E-state index >= 15 is 0 Å². The van der Waals surface area contributed by atoms with E-state index in [4.69, 9.17) is 20.9 Å². The Labute approximate surface area is 178 Å². The molecule has 0 radical (unpaired) electrons. The Bertz CT molecular complexity index is 890. The second kappa shape index (κ2) is 9.49. The summed E-state index contributed by atoms with van der Waals surface area (Å²) in [6.07, 6.45) is -1.75. The van der Waals surface area contributed by atoms with Crippen molar-refractivity contribution < 1.29 is 44.6 Å². The summed E-state index contributed by atoms with van der Waals surface area (Å²) in [6, 6.07) is -4.74. The zero-order valence-corrected chi connectivity index (χ0v) is 17.3. The maximum absolute atomic E-state index is 14.5. The van der Waals surface area contributed by atoms with Crippen molar-refractivity contribution in [2.75, 3.05) is 0 Å². The topological polar surface area (TPSA) is 70.5 Å². The number of rotatable bonds is 7. The molecule has 0 amide bonds. The van der Waals surface area contributed by atoms with E-state index in [0.717, 1.165) is 0 Å². The van der Waals surface area contributed by atoms with Gasteiger partial charge >= 0.3 is 0 Å². The lowest BCUT2D eigenvalue weighted by molar-refractivity contribution is 0.209. The largest absolute Gasteiger partial charge is 0.485 e. The predicted molar refractivity (Wildman–Crippen MR) is 97.9 cm³/mol. The van der Waals surface area contributed by atoms with Crippen LogP contribution in [0.25, 0.3) is 0 Å². The first-order valence-corrected chi connectivity index (χ1v) is 9.28. The molecule has 12 heteroatoms. The lowest BCUT2D eigenvalue weighted by Crippen LogP contribution is -2.31. The lowest BCUT2D eigenvalue weighted by atomic mass is 9.92. The fourth-order valence-electron chi connectivity index (χ4n) is 2.88. The maximum Gasteiger partial charge on any atom is 0.204 e. The van der Waals surface area contributed by atoms with Crippen molar-refractivity contribution in [3.05, 3.63) is 57.7 Å². The van der Waals surface area contributed by atoms with Crippen molar-refractivity contribution in [3.63, 3.8) is 0 Å². The Morgan fingerprint density at radius 2 is 0.688 bits per heavy atom. The molecule has 0 aromatic heterocycles. The average Bonchev–Trinajstić information content (AvgIpc) is 2.71. The van der Waals surface area contributed by atoms with E-state index in [1.165, 1.54) is 27.7 Å². The van der Waals surface area contributed by atoms with Gasteiger partial charge in [-0.05, 0) is 27.7 Å². The van der Waals surface area contributed by atoms with Crippen LogP contribution in [-0.4, -0.2) is 12.2 Å². The van der Waals surface area contributed by atoms with Crippen molar-refractivity contribution in [3.8, 4) is 11.5 Å². The Hall–Kier alpha value is -2.60. The molecule has 0 spiro atoms. The van der Waals surface area contributed by atoms with Crippen molar-refractivity contribution in [2.45, 2.75) is 52.0 Å². The molecular weight excluding hydrogens is 452 g/mol. The minimum absolute atomic E-state index is 0.875. The molecule has 178 valence electrons. The van der Waals surface area contributed by atoms with Gasteiger partial charge in [0.1, 0.15) is 0 Å². The molecule has 0 saturated carbocycles. The van der Waals surface area contributed by atoms with Crippen LogP contribution in [0.4, 0.5) is 35.1 Å². The van der Waals surface area contributed by atoms with Crippen LogP contribution in [0, 0.1) is 46.5 Å². The fraction of sp³-hybridized carbons (Fsp3) is 0.400. The Morgan fingerprint density at radius 3 is 0.875 bits per heavy atom. The van der Waals surface area contributed by atoms with Crippen molar-refractivity contribution in [2.24, 2.45) is 11.5 Å². The Balaban J connectivity index is 2.65. The summed E-state index contributed by atoms with van der Waals surface area (Å²) in [5.41, 5.74) is 7.99. The number of nitrogens with two attached hydrogens (primary N) is 2. The highest BCUT2D eigenvalue weighted by atomic mass is 19.2. The van der Waals surface area contributed by atoms with E-state index in [9.17, 15) is 35.1 Å². The van der Waals surface area contributed by atoms with Gasteiger partial charge in [0.05, 0.1) is 24.3 Å². The van der Waals surface area contributed by atoms with Crippen molar-refractivity contribution in [1.29, 1.82) is 0 Å². The summed E-state index contributed by atoms with van der Waals surface area (Å²) in [5.74, 6) is -18.9. The molecule has 2 rings (SSSR count). The van der Waals surface area contributed by atoms with Crippen LogP contribution in [0.2, 0.25) is 0 Å². The van der Waals surface area contributed by atoms with Crippen LogP contribution in [-0.2, 0) is 0 Å². The predicted octanol–water partition coefficient (Wildman–Crippen LogP) is 5.07. The van der Waals surface area contributed by atoms with E-state index < -0.39 is 93.5 Å². The van der Waals surface area contributed by atoms with Gasteiger partial charge in [0.15, 0.2) is 34.8 Å². The van der Waals surface area contributed by atoms with Gasteiger partial charge in [0.25, 0.3) is 0 Å². The lowest BCUT2D eigenvalue weighted by Gasteiger charge is -2.25. The molecule has 4 nitrogen and oxygen atoms in total. The molecule has 0 aliphatic rings. The van der Waals surface area contributed by atoms with Gasteiger partial charge in [-0.25, -0.2) is 17.6 Å². The van der Waals surface area contributed by atoms with Crippen LogP contribution in [0.3, 0.4) is 0 Å². The third kappa shape index (κ3) is 4.46. The highest BCUT2D eigenvalue weighted by Crippen LogP contribution is 2.39. The van der Waals surface area contributed by atoms with E-state index in [-0.39, 0.29) is 0 Å². The number of ether oxygens (including phenoxy) is 2. The standard InChI is InChI=1S/C20H20F8N2O2/c1-5(2)31-19-13(25)9(21)7(10(22)14(19)26)17(29)18(30)8-11(23)15(27)20(32-6(3)4)16(28)12(8)24/h5-6,17-18H,29-30H2,1-4H3/t17-,18-/m0/s1. The molecule has 0 heterocycles. The van der Waals surface area contributed by atoms with Gasteiger partial charge in [-0.2, -0.15) is 17.6 Å². The average molecular weight is 472 g/mol. The Morgan fingerprint density at radius 1 is 0.469 bits per heavy atom. The smallest absolute Gasteiger partial charge is 0.204 e. The quantitative estimate of drug-likeness (QED) is 0.436. The van der Waals surface area contributed by atoms with Crippen molar-refractivity contribution in [1.82, 2.24) is 0 Å². The molecule has 0 fully saturated rings. The molecule has 0 saturated heterocycles. The number of hydrogen-bond acceptors (Lipinski definition) is 4. The highest BCUT2D eigenvalue weighted by Gasteiger charge is 2.37. The van der Waals surface area contributed by atoms with Gasteiger partial charge in [-0.3, -0.25) is 0 Å². The molecule has 0 bridgehead atoms.